The Morgan fingerprint density at radius 1 is 1.12 bits per heavy atom. The van der Waals surface area contributed by atoms with Crippen LogP contribution in [0.5, 0.6) is 0 Å². The van der Waals surface area contributed by atoms with Crippen molar-refractivity contribution < 1.29 is 19.1 Å². The molecule has 0 aliphatic heterocycles. The van der Waals surface area contributed by atoms with E-state index in [0.717, 1.165) is 29.5 Å². The average Bonchev–Trinajstić information content (AvgIpc) is 3.37. The molecule has 1 aliphatic rings. The molecule has 2 aromatic heterocycles. The summed E-state index contributed by atoms with van der Waals surface area (Å²) in [5.74, 6) is -0.245. The van der Waals surface area contributed by atoms with E-state index in [1.54, 1.807) is 30.3 Å². The number of carbonyl (C=O) groups excluding carboxylic acids is 3. The number of carbonyl (C=O) groups is 3. The Balaban J connectivity index is 1.64. The summed E-state index contributed by atoms with van der Waals surface area (Å²) in [6.07, 6.45) is 5.07. The third kappa shape index (κ3) is 5.05. The number of amides is 2. The maximum atomic E-state index is 12.9. The molecule has 0 saturated heterocycles. The number of hydrogen-bond acceptors (Lipinski definition) is 5. The lowest BCUT2D eigenvalue weighted by Gasteiger charge is -2.32. The molecular weight excluding hydrogens is 506 g/mol. The number of hydrogen-bond donors (Lipinski definition) is 3. The zero-order chi connectivity index (χ0) is 23.6. The highest BCUT2D eigenvalue weighted by molar-refractivity contribution is 9.11. The zero-order valence-corrected chi connectivity index (χ0v) is 21.0. The molecule has 0 spiro atoms. The number of aromatic amines is 1. The molecule has 7 nitrogen and oxygen atoms in total. The van der Waals surface area contributed by atoms with E-state index in [1.807, 2.05) is 6.92 Å². The van der Waals surface area contributed by atoms with E-state index in [2.05, 4.69) is 31.5 Å². The Bertz CT molecular complexity index is 1210. The van der Waals surface area contributed by atoms with Gasteiger partial charge in [0.05, 0.1) is 14.2 Å². The fourth-order valence-electron chi connectivity index (χ4n) is 4.31. The maximum Gasteiger partial charge on any atom is 0.266 e. The summed E-state index contributed by atoms with van der Waals surface area (Å²) in [6.45, 7) is 1.91. The van der Waals surface area contributed by atoms with Crippen LogP contribution in [0.1, 0.15) is 59.1 Å². The van der Waals surface area contributed by atoms with Crippen molar-refractivity contribution in [2.24, 2.45) is 5.41 Å². The van der Waals surface area contributed by atoms with Crippen LogP contribution in [-0.4, -0.2) is 36.3 Å². The van der Waals surface area contributed by atoms with Crippen molar-refractivity contribution in [1.82, 2.24) is 4.98 Å². The Morgan fingerprint density at radius 3 is 2.55 bits per heavy atom. The van der Waals surface area contributed by atoms with Crippen LogP contribution in [0, 0.1) is 5.41 Å². The molecule has 0 unspecified atom stereocenters. The molecule has 33 heavy (non-hydrogen) atoms. The molecule has 1 aliphatic carbocycles. The first-order chi connectivity index (χ1) is 15.8. The second kappa shape index (κ2) is 9.79. The number of rotatable bonds is 7. The number of Topliss-reactive ketones (excluding diaryl/α,β-unsaturated/α-hetero) is 1. The van der Waals surface area contributed by atoms with Crippen LogP contribution in [0.4, 0.5) is 11.5 Å². The van der Waals surface area contributed by atoms with Crippen molar-refractivity contribution in [3.63, 3.8) is 0 Å². The smallest absolute Gasteiger partial charge is 0.266 e. The van der Waals surface area contributed by atoms with E-state index in [4.69, 9.17) is 4.74 Å². The number of methoxy groups -OCH3 is 1. The summed E-state index contributed by atoms with van der Waals surface area (Å²) in [7, 11) is 1.45. The first-order valence-corrected chi connectivity index (χ1v) is 12.5. The van der Waals surface area contributed by atoms with Crippen LogP contribution >= 0.6 is 27.3 Å². The van der Waals surface area contributed by atoms with E-state index in [-0.39, 0.29) is 29.6 Å². The highest BCUT2D eigenvalue weighted by Gasteiger charge is 2.34. The van der Waals surface area contributed by atoms with Gasteiger partial charge in [-0.05, 0) is 59.1 Å². The van der Waals surface area contributed by atoms with Gasteiger partial charge < -0.3 is 20.4 Å². The number of ether oxygens (including phenoxy) is 1. The average molecular weight is 532 g/mol. The number of aromatic nitrogens is 1. The van der Waals surface area contributed by atoms with Gasteiger partial charge in [0, 0.05) is 29.1 Å². The summed E-state index contributed by atoms with van der Waals surface area (Å²) in [5, 5.41) is 6.51. The number of ketones is 1. The molecule has 3 aromatic rings. The standard InChI is InChI=1S/C24H26BrN3O4S/c1-24(10-4-3-5-11-24)23(31)26-14-6-7-15-16(12-14)27-21(20(15)17(29)13-32-2)28-22(30)18-8-9-19(25)33-18/h6-9,12,27H,3-5,10-11,13H2,1-2H3,(H,26,31)(H,28,30). The number of thiophene rings is 1. The minimum Gasteiger partial charge on any atom is -0.377 e. The predicted molar refractivity (Wildman–Crippen MR) is 134 cm³/mol. The normalized spacial score (nSPS) is 15.4. The molecule has 0 bridgehead atoms. The highest BCUT2D eigenvalue weighted by atomic mass is 79.9. The van der Waals surface area contributed by atoms with Crippen molar-refractivity contribution >= 4 is 67.3 Å². The lowest BCUT2D eigenvalue weighted by atomic mass is 9.75. The largest absolute Gasteiger partial charge is 0.377 e. The van der Waals surface area contributed by atoms with Crippen LogP contribution in [0.25, 0.3) is 10.9 Å². The number of benzene rings is 1. The second-order valence-electron chi connectivity index (χ2n) is 8.62. The molecule has 3 N–H and O–H groups in total. The number of anilines is 2. The van der Waals surface area contributed by atoms with Gasteiger partial charge >= 0.3 is 0 Å². The zero-order valence-electron chi connectivity index (χ0n) is 18.5. The van der Waals surface area contributed by atoms with Gasteiger partial charge in [0.15, 0.2) is 5.78 Å². The van der Waals surface area contributed by atoms with Gasteiger partial charge in [0.2, 0.25) is 5.91 Å². The van der Waals surface area contributed by atoms with Crippen molar-refractivity contribution in [3.8, 4) is 0 Å². The third-order valence-corrected chi connectivity index (χ3v) is 7.77. The quantitative estimate of drug-likeness (QED) is 0.326. The molecule has 0 radical (unpaired) electrons. The van der Waals surface area contributed by atoms with Gasteiger partial charge in [0.25, 0.3) is 5.91 Å². The van der Waals surface area contributed by atoms with Crippen LogP contribution in [0.15, 0.2) is 34.1 Å². The molecule has 2 heterocycles. The third-order valence-electron chi connectivity index (χ3n) is 6.15. The summed E-state index contributed by atoms with van der Waals surface area (Å²) in [6, 6.07) is 8.86. The molecule has 1 fully saturated rings. The minimum atomic E-state index is -0.364. The van der Waals surface area contributed by atoms with Crippen molar-refractivity contribution in [1.29, 1.82) is 0 Å². The van der Waals surface area contributed by atoms with Crippen LogP contribution in [0.3, 0.4) is 0 Å². The van der Waals surface area contributed by atoms with Crippen LogP contribution in [-0.2, 0) is 9.53 Å². The van der Waals surface area contributed by atoms with E-state index >= 15 is 0 Å². The molecule has 174 valence electrons. The SMILES string of the molecule is COCC(=O)c1c(NC(=O)c2ccc(Br)s2)[nH]c2cc(NC(=O)C3(C)CCCCC3)ccc12. The summed E-state index contributed by atoms with van der Waals surface area (Å²) in [5.41, 5.74) is 1.28. The Labute approximate surface area is 204 Å². The van der Waals surface area contributed by atoms with Gasteiger partial charge in [0.1, 0.15) is 12.4 Å². The van der Waals surface area contributed by atoms with Crippen molar-refractivity contribution in [3.05, 3.63) is 44.6 Å². The molecule has 4 rings (SSSR count). The Morgan fingerprint density at radius 2 is 1.88 bits per heavy atom. The number of nitrogens with one attached hydrogen (secondary N) is 3. The molecule has 2 amide bonds. The molecule has 0 atom stereocenters. The van der Waals surface area contributed by atoms with E-state index in [0.29, 0.717) is 32.8 Å². The summed E-state index contributed by atoms with van der Waals surface area (Å²) in [4.78, 5) is 42.1. The predicted octanol–water partition coefficient (Wildman–Crippen LogP) is 5.98. The van der Waals surface area contributed by atoms with E-state index in [1.165, 1.54) is 24.9 Å². The van der Waals surface area contributed by atoms with Crippen molar-refractivity contribution in [2.75, 3.05) is 24.4 Å². The van der Waals surface area contributed by atoms with Crippen LogP contribution in [0.2, 0.25) is 0 Å². The fraction of sp³-hybridized carbons (Fsp3) is 0.375. The topological polar surface area (TPSA) is 100 Å². The Kier molecular flexibility index (Phi) is 7.02. The van der Waals surface area contributed by atoms with Crippen LogP contribution < -0.4 is 10.6 Å². The molecule has 9 heteroatoms. The Hall–Kier alpha value is -2.49. The van der Waals surface area contributed by atoms with Gasteiger partial charge in [-0.1, -0.05) is 26.2 Å². The molecular formula is C24H26BrN3O4S. The van der Waals surface area contributed by atoms with E-state index in [9.17, 15) is 14.4 Å². The maximum absolute atomic E-state index is 12.9. The monoisotopic (exact) mass is 531 g/mol. The number of halogens is 1. The first-order valence-electron chi connectivity index (χ1n) is 10.9. The minimum absolute atomic E-state index is 0.0144. The van der Waals surface area contributed by atoms with E-state index < -0.39 is 0 Å². The highest BCUT2D eigenvalue weighted by Crippen LogP contribution is 2.37. The lowest BCUT2D eigenvalue weighted by molar-refractivity contribution is -0.126. The molecule has 1 saturated carbocycles. The lowest BCUT2D eigenvalue weighted by Crippen LogP contribution is -2.35. The van der Waals surface area contributed by atoms with Crippen molar-refractivity contribution in [2.45, 2.75) is 39.0 Å². The number of fused-ring (bicyclic) bond motifs is 1. The summed E-state index contributed by atoms with van der Waals surface area (Å²) >= 11 is 4.66. The first kappa shape index (κ1) is 23.7. The van der Waals surface area contributed by atoms with Gasteiger partial charge in [-0.2, -0.15) is 0 Å². The van der Waals surface area contributed by atoms with Gasteiger partial charge in [-0.3, -0.25) is 14.4 Å². The number of H-pyrrole nitrogens is 1. The summed E-state index contributed by atoms with van der Waals surface area (Å²) < 4.78 is 5.88. The second-order valence-corrected chi connectivity index (χ2v) is 11.1. The fourth-order valence-corrected chi connectivity index (χ4v) is 5.60. The molecule has 1 aromatic carbocycles. The van der Waals surface area contributed by atoms with Gasteiger partial charge in [-0.25, -0.2) is 0 Å². The van der Waals surface area contributed by atoms with Gasteiger partial charge in [-0.15, -0.1) is 11.3 Å².